The molecular weight excluding hydrogens is 260 g/mol. The molecule has 1 amide bonds. The molecule has 2 atom stereocenters. The predicted molar refractivity (Wildman–Crippen MR) is 84.3 cm³/mol. The van der Waals surface area contributed by atoms with Crippen molar-refractivity contribution >= 4 is 12.0 Å². The number of hydrogen-bond donors (Lipinski definition) is 1. The van der Waals surface area contributed by atoms with Crippen LogP contribution in [0.15, 0.2) is 29.8 Å². The average molecular weight is 282 g/mol. The van der Waals surface area contributed by atoms with Crippen molar-refractivity contribution in [3.8, 4) is 6.07 Å². The second kappa shape index (κ2) is 7.08. The molecule has 1 aromatic rings. The van der Waals surface area contributed by atoms with Crippen LogP contribution < -0.4 is 5.32 Å². The summed E-state index contributed by atoms with van der Waals surface area (Å²) in [5, 5.41) is 12.3. The summed E-state index contributed by atoms with van der Waals surface area (Å²) < 4.78 is 0. The van der Waals surface area contributed by atoms with E-state index in [2.05, 4.69) is 12.2 Å². The van der Waals surface area contributed by atoms with Gasteiger partial charge in [0.15, 0.2) is 0 Å². The molecule has 0 aromatic heterocycles. The van der Waals surface area contributed by atoms with Crippen LogP contribution in [0, 0.1) is 24.2 Å². The van der Waals surface area contributed by atoms with Crippen molar-refractivity contribution in [3.05, 3.63) is 41.0 Å². The second-order valence-corrected chi connectivity index (χ2v) is 5.93. The van der Waals surface area contributed by atoms with E-state index in [1.54, 1.807) is 6.08 Å². The lowest BCUT2D eigenvalue weighted by atomic mass is 9.86. The molecule has 0 heterocycles. The van der Waals surface area contributed by atoms with Crippen LogP contribution in [0.4, 0.5) is 0 Å². The van der Waals surface area contributed by atoms with Gasteiger partial charge in [-0.2, -0.15) is 5.26 Å². The Morgan fingerprint density at radius 1 is 1.38 bits per heavy atom. The topological polar surface area (TPSA) is 52.9 Å². The van der Waals surface area contributed by atoms with E-state index in [-0.39, 0.29) is 17.5 Å². The number of carbonyl (C=O) groups is 1. The fraction of sp³-hybridized carbons (Fsp3) is 0.444. The second-order valence-electron chi connectivity index (χ2n) is 5.93. The minimum absolute atomic E-state index is 0.179. The number of carbonyl (C=O) groups excluding carboxylic acids is 1. The van der Waals surface area contributed by atoms with Crippen molar-refractivity contribution in [2.75, 3.05) is 0 Å². The van der Waals surface area contributed by atoms with Gasteiger partial charge in [0.05, 0.1) is 0 Å². The molecule has 0 aliphatic heterocycles. The third-order valence-electron chi connectivity index (χ3n) is 4.15. The zero-order valence-electron chi connectivity index (χ0n) is 12.7. The Kier molecular flexibility index (Phi) is 5.16. The van der Waals surface area contributed by atoms with Gasteiger partial charge in [-0.25, -0.2) is 0 Å². The van der Waals surface area contributed by atoms with Crippen molar-refractivity contribution in [2.45, 2.75) is 45.6 Å². The Morgan fingerprint density at radius 2 is 2.14 bits per heavy atom. The van der Waals surface area contributed by atoms with Gasteiger partial charge >= 0.3 is 0 Å². The van der Waals surface area contributed by atoms with Crippen molar-refractivity contribution in [3.63, 3.8) is 0 Å². The molecule has 0 bridgehead atoms. The summed E-state index contributed by atoms with van der Waals surface area (Å²) in [5.41, 5.74) is 2.18. The molecule has 1 fully saturated rings. The monoisotopic (exact) mass is 282 g/mol. The third kappa shape index (κ3) is 4.19. The molecule has 0 spiro atoms. The maximum Gasteiger partial charge on any atom is 0.262 e. The van der Waals surface area contributed by atoms with Gasteiger partial charge in [0, 0.05) is 6.04 Å². The van der Waals surface area contributed by atoms with Gasteiger partial charge in [0.2, 0.25) is 0 Å². The number of rotatable bonds is 3. The van der Waals surface area contributed by atoms with Gasteiger partial charge in [-0.05, 0) is 37.3 Å². The molecule has 0 unspecified atom stereocenters. The molecule has 3 heteroatoms. The first-order chi connectivity index (χ1) is 10.1. The molecule has 1 saturated carbocycles. The lowest BCUT2D eigenvalue weighted by Crippen LogP contribution is -2.41. The molecule has 21 heavy (non-hydrogen) atoms. The van der Waals surface area contributed by atoms with Crippen LogP contribution in [0.1, 0.15) is 43.7 Å². The van der Waals surface area contributed by atoms with E-state index in [0.29, 0.717) is 5.92 Å². The van der Waals surface area contributed by atoms with Crippen LogP contribution in [-0.4, -0.2) is 11.9 Å². The zero-order chi connectivity index (χ0) is 15.2. The van der Waals surface area contributed by atoms with Gasteiger partial charge in [0.25, 0.3) is 5.91 Å². The third-order valence-corrected chi connectivity index (χ3v) is 4.15. The summed E-state index contributed by atoms with van der Waals surface area (Å²) >= 11 is 0. The largest absolute Gasteiger partial charge is 0.348 e. The predicted octanol–water partition coefficient (Wildman–Crippen LogP) is 3.60. The van der Waals surface area contributed by atoms with Crippen molar-refractivity contribution in [1.82, 2.24) is 5.32 Å². The smallest absolute Gasteiger partial charge is 0.262 e. The van der Waals surface area contributed by atoms with Crippen LogP contribution in [-0.2, 0) is 4.79 Å². The van der Waals surface area contributed by atoms with Gasteiger partial charge in [-0.3, -0.25) is 4.79 Å². The highest BCUT2D eigenvalue weighted by Crippen LogP contribution is 2.24. The Labute approximate surface area is 126 Å². The fourth-order valence-electron chi connectivity index (χ4n) is 2.85. The highest BCUT2D eigenvalue weighted by atomic mass is 16.1. The van der Waals surface area contributed by atoms with E-state index in [4.69, 9.17) is 0 Å². The zero-order valence-corrected chi connectivity index (χ0v) is 12.7. The number of nitrogens with one attached hydrogen (secondary N) is 1. The summed E-state index contributed by atoms with van der Waals surface area (Å²) in [5.74, 6) is 0.236. The summed E-state index contributed by atoms with van der Waals surface area (Å²) in [6.07, 6.45) is 6.21. The minimum atomic E-state index is -0.252. The van der Waals surface area contributed by atoms with E-state index in [1.165, 1.54) is 6.42 Å². The molecular formula is C18H22N2O. The highest BCUT2D eigenvalue weighted by Gasteiger charge is 2.23. The van der Waals surface area contributed by atoms with Crippen LogP contribution in [0.2, 0.25) is 0 Å². The Balaban J connectivity index is 2.10. The Hall–Kier alpha value is -2.08. The summed E-state index contributed by atoms with van der Waals surface area (Å²) in [6.45, 7) is 4.16. The van der Waals surface area contributed by atoms with Crippen LogP contribution in [0.25, 0.3) is 6.08 Å². The summed E-state index contributed by atoms with van der Waals surface area (Å²) in [7, 11) is 0. The van der Waals surface area contributed by atoms with E-state index in [0.717, 1.165) is 30.4 Å². The Morgan fingerprint density at radius 3 is 2.81 bits per heavy atom. The molecule has 0 radical (unpaired) electrons. The molecule has 1 aliphatic carbocycles. The van der Waals surface area contributed by atoms with E-state index in [9.17, 15) is 10.1 Å². The van der Waals surface area contributed by atoms with Gasteiger partial charge in [-0.1, -0.05) is 49.6 Å². The van der Waals surface area contributed by atoms with E-state index < -0.39 is 0 Å². The van der Waals surface area contributed by atoms with Crippen LogP contribution >= 0.6 is 0 Å². The van der Waals surface area contributed by atoms with Crippen molar-refractivity contribution in [1.29, 1.82) is 5.26 Å². The van der Waals surface area contributed by atoms with Gasteiger partial charge in [-0.15, -0.1) is 0 Å². The SMILES string of the molecule is Cc1cccc(/C=C(\C#N)C(=O)N[C@H]2CCCC[C@H]2C)c1. The molecule has 1 aliphatic rings. The standard InChI is InChI=1S/C18H22N2O/c1-13-6-5-8-15(10-13)11-16(12-19)18(21)20-17-9-4-3-7-14(17)2/h5-6,8,10-11,14,17H,3-4,7,9H2,1-2H3,(H,20,21)/b16-11+/t14-,17+/m1/s1. The normalized spacial score (nSPS) is 22.4. The average Bonchev–Trinajstić information content (AvgIpc) is 2.47. The minimum Gasteiger partial charge on any atom is -0.348 e. The van der Waals surface area contributed by atoms with Crippen LogP contribution in [0.3, 0.4) is 0 Å². The lowest BCUT2D eigenvalue weighted by molar-refractivity contribution is -0.118. The number of nitrogens with zero attached hydrogens (tertiary/aromatic N) is 1. The van der Waals surface area contributed by atoms with Gasteiger partial charge in [0.1, 0.15) is 11.6 Å². The number of aryl methyl sites for hydroxylation is 1. The first kappa shape index (κ1) is 15.3. The first-order valence-corrected chi connectivity index (χ1v) is 7.59. The van der Waals surface area contributed by atoms with E-state index in [1.807, 2.05) is 37.3 Å². The molecule has 1 aromatic carbocycles. The number of benzene rings is 1. The molecule has 110 valence electrons. The molecule has 1 N–H and O–H groups in total. The van der Waals surface area contributed by atoms with Crippen molar-refractivity contribution < 1.29 is 4.79 Å². The Bertz CT molecular complexity index is 583. The van der Waals surface area contributed by atoms with E-state index >= 15 is 0 Å². The summed E-state index contributed by atoms with van der Waals surface area (Å²) in [6, 6.07) is 10.0. The maximum absolute atomic E-state index is 12.3. The van der Waals surface area contributed by atoms with Gasteiger partial charge < -0.3 is 5.32 Å². The lowest BCUT2D eigenvalue weighted by Gasteiger charge is -2.29. The number of nitriles is 1. The van der Waals surface area contributed by atoms with Crippen LogP contribution in [0.5, 0.6) is 0 Å². The molecule has 0 saturated heterocycles. The number of amides is 1. The molecule has 2 rings (SSSR count). The number of hydrogen-bond acceptors (Lipinski definition) is 2. The highest BCUT2D eigenvalue weighted by molar-refractivity contribution is 6.01. The summed E-state index contributed by atoms with van der Waals surface area (Å²) in [4.78, 5) is 12.3. The fourth-order valence-corrected chi connectivity index (χ4v) is 2.85. The maximum atomic E-state index is 12.3. The van der Waals surface area contributed by atoms with Crippen molar-refractivity contribution in [2.24, 2.45) is 5.92 Å². The molecule has 3 nitrogen and oxygen atoms in total. The quantitative estimate of drug-likeness (QED) is 0.680. The first-order valence-electron chi connectivity index (χ1n) is 7.59.